The summed E-state index contributed by atoms with van der Waals surface area (Å²) in [7, 11) is 1.60. The van der Waals surface area contributed by atoms with Crippen LogP contribution in [0.3, 0.4) is 0 Å². The number of anilines is 2. The molecule has 1 aromatic carbocycles. The Hall–Kier alpha value is -2.27. The van der Waals surface area contributed by atoms with Gasteiger partial charge in [-0.2, -0.15) is 0 Å². The molecule has 0 spiro atoms. The number of nitrogens with zero attached hydrogens (tertiary/aromatic N) is 2. The molecule has 0 aliphatic rings. The zero-order chi connectivity index (χ0) is 18.2. The van der Waals surface area contributed by atoms with Gasteiger partial charge in [-0.05, 0) is 43.2 Å². The van der Waals surface area contributed by atoms with Crippen LogP contribution in [0.1, 0.15) is 37.2 Å². The Morgan fingerprint density at radius 1 is 1.20 bits per heavy atom. The van der Waals surface area contributed by atoms with E-state index in [2.05, 4.69) is 24.1 Å². The van der Waals surface area contributed by atoms with Crippen LogP contribution in [0.4, 0.5) is 11.4 Å². The second-order valence-electron chi connectivity index (χ2n) is 5.69. The summed E-state index contributed by atoms with van der Waals surface area (Å²) in [5.74, 6) is 0.623. The number of carbonyl (C=O) groups excluding carboxylic acids is 1. The molecular weight excluding hydrogens is 338 g/mol. The van der Waals surface area contributed by atoms with Crippen molar-refractivity contribution in [3.8, 4) is 5.75 Å². The molecule has 0 radical (unpaired) electrons. The third-order valence-electron chi connectivity index (χ3n) is 3.69. The molecule has 134 valence electrons. The largest absolute Gasteiger partial charge is 0.495 e. The zero-order valence-electron chi connectivity index (χ0n) is 14.9. The number of hydrogen-bond acceptors (Lipinski definition) is 4. The summed E-state index contributed by atoms with van der Waals surface area (Å²) in [4.78, 5) is 18.8. The molecule has 1 N–H and O–H groups in total. The van der Waals surface area contributed by atoms with Gasteiger partial charge in [0.1, 0.15) is 11.4 Å². The molecule has 1 heterocycles. The summed E-state index contributed by atoms with van der Waals surface area (Å²) in [5, 5.41) is 3.84. The maximum atomic E-state index is 12.7. The van der Waals surface area contributed by atoms with Crippen LogP contribution in [0.25, 0.3) is 0 Å². The van der Waals surface area contributed by atoms with Gasteiger partial charge in [0.2, 0.25) is 0 Å². The van der Waals surface area contributed by atoms with Crippen molar-refractivity contribution in [1.29, 1.82) is 0 Å². The highest BCUT2D eigenvalue weighted by Gasteiger charge is 2.16. The molecule has 25 heavy (non-hydrogen) atoms. The monoisotopic (exact) mass is 361 g/mol. The van der Waals surface area contributed by atoms with Gasteiger partial charge in [0.15, 0.2) is 0 Å². The van der Waals surface area contributed by atoms with Gasteiger partial charge in [0, 0.05) is 30.0 Å². The quantitative estimate of drug-likeness (QED) is 0.737. The lowest BCUT2D eigenvalue weighted by molar-refractivity contribution is 0.0749. The summed E-state index contributed by atoms with van der Waals surface area (Å²) in [6, 6.07) is 8.90. The molecule has 0 bridgehead atoms. The predicted octanol–water partition coefficient (Wildman–Crippen LogP) is 4.75. The summed E-state index contributed by atoms with van der Waals surface area (Å²) < 4.78 is 5.34. The van der Waals surface area contributed by atoms with Crippen molar-refractivity contribution in [3.05, 3.63) is 47.2 Å². The number of rotatable bonds is 8. The van der Waals surface area contributed by atoms with Gasteiger partial charge in [-0.25, -0.2) is 0 Å². The highest BCUT2D eigenvalue weighted by atomic mass is 35.5. The molecule has 0 atom stereocenters. The highest BCUT2D eigenvalue weighted by molar-refractivity contribution is 6.31. The number of carbonyl (C=O) groups is 1. The normalized spacial score (nSPS) is 10.4. The molecular formula is C19H24ClN3O2. The SMILES string of the molecule is CCCN(CCC)C(=O)c1cc(Nc2cc(Cl)ccc2OC)ccn1. The Bertz CT molecular complexity index is 716. The third kappa shape index (κ3) is 5.10. The number of benzene rings is 1. The van der Waals surface area contributed by atoms with Crippen LogP contribution >= 0.6 is 11.6 Å². The number of methoxy groups -OCH3 is 1. The summed E-state index contributed by atoms with van der Waals surface area (Å²) >= 11 is 6.06. The fraction of sp³-hybridized carbons (Fsp3) is 0.368. The molecule has 2 aromatic rings. The number of halogens is 1. The van der Waals surface area contributed by atoms with E-state index in [1.807, 2.05) is 4.90 Å². The molecule has 1 aromatic heterocycles. The minimum absolute atomic E-state index is 0.0505. The Morgan fingerprint density at radius 3 is 2.56 bits per heavy atom. The Kier molecular flexibility index (Phi) is 7.07. The maximum Gasteiger partial charge on any atom is 0.272 e. The van der Waals surface area contributed by atoms with Gasteiger partial charge in [0.05, 0.1) is 12.8 Å². The van der Waals surface area contributed by atoms with Crippen molar-refractivity contribution >= 4 is 28.9 Å². The molecule has 0 aliphatic heterocycles. The average molecular weight is 362 g/mol. The fourth-order valence-electron chi connectivity index (χ4n) is 2.58. The first-order valence-corrected chi connectivity index (χ1v) is 8.82. The minimum atomic E-state index is -0.0505. The van der Waals surface area contributed by atoms with E-state index in [0.29, 0.717) is 16.5 Å². The van der Waals surface area contributed by atoms with E-state index < -0.39 is 0 Å². The maximum absolute atomic E-state index is 12.7. The van der Waals surface area contributed by atoms with Crippen molar-refractivity contribution in [2.75, 3.05) is 25.5 Å². The van der Waals surface area contributed by atoms with Gasteiger partial charge in [-0.15, -0.1) is 0 Å². The molecule has 0 aliphatic carbocycles. The zero-order valence-corrected chi connectivity index (χ0v) is 15.6. The Labute approximate surface area is 154 Å². The van der Waals surface area contributed by atoms with E-state index >= 15 is 0 Å². The highest BCUT2D eigenvalue weighted by Crippen LogP contribution is 2.30. The van der Waals surface area contributed by atoms with E-state index in [1.54, 1.807) is 43.6 Å². The molecule has 0 unspecified atom stereocenters. The van der Waals surface area contributed by atoms with Crippen LogP contribution < -0.4 is 10.1 Å². The second-order valence-corrected chi connectivity index (χ2v) is 6.13. The first-order chi connectivity index (χ1) is 12.1. The molecule has 0 fully saturated rings. The van der Waals surface area contributed by atoms with Crippen molar-refractivity contribution < 1.29 is 9.53 Å². The molecule has 5 nitrogen and oxygen atoms in total. The number of nitrogens with one attached hydrogen (secondary N) is 1. The molecule has 0 saturated carbocycles. The van der Waals surface area contributed by atoms with Crippen LogP contribution in [0.2, 0.25) is 5.02 Å². The van der Waals surface area contributed by atoms with E-state index in [-0.39, 0.29) is 5.91 Å². The van der Waals surface area contributed by atoms with Crippen LogP contribution in [0.5, 0.6) is 5.75 Å². The fourth-order valence-corrected chi connectivity index (χ4v) is 2.75. The molecule has 1 amide bonds. The number of amides is 1. The predicted molar refractivity (Wildman–Crippen MR) is 102 cm³/mol. The standard InChI is InChI=1S/C19H24ClN3O2/c1-4-10-23(11-5-2)19(24)17-13-15(8-9-21-17)22-16-12-14(20)6-7-18(16)25-3/h6-9,12-13H,4-5,10-11H2,1-3H3,(H,21,22). The van der Waals surface area contributed by atoms with E-state index in [9.17, 15) is 4.79 Å². The molecule has 2 rings (SSSR count). The van der Waals surface area contributed by atoms with E-state index in [1.165, 1.54) is 0 Å². The lowest BCUT2D eigenvalue weighted by Gasteiger charge is -2.21. The van der Waals surface area contributed by atoms with Gasteiger partial charge >= 0.3 is 0 Å². The number of ether oxygens (including phenoxy) is 1. The van der Waals surface area contributed by atoms with Crippen LogP contribution in [-0.4, -0.2) is 36.0 Å². The topological polar surface area (TPSA) is 54.5 Å². The van der Waals surface area contributed by atoms with Crippen molar-refractivity contribution in [3.63, 3.8) is 0 Å². The third-order valence-corrected chi connectivity index (χ3v) is 3.93. The number of pyridine rings is 1. The minimum Gasteiger partial charge on any atom is -0.495 e. The van der Waals surface area contributed by atoms with Gasteiger partial charge in [0.25, 0.3) is 5.91 Å². The molecule has 0 saturated heterocycles. The van der Waals surface area contributed by atoms with E-state index in [0.717, 1.165) is 37.3 Å². The molecule has 6 heteroatoms. The number of aromatic nitrogens is 1. The van der Waals surface area contributed by atoms with Gasteiger partial charge < -0.3 is 15.0 Å². The van der Waals surface area contributed by atoms with Crippen molar-refractivity contribution in [2.24, 2.45) is 0 Å². The van der Waals surface area contributed by atoms with Crippen molar-refractivity contribution in [2.45, 2.75) is 26.7 Å². The summed E-state index contributed by atoms with van der Waals surface area (Å²) in [6.07, 6.45) is 3.47. The van der Waals surface area contributed by atoms with Crippen molar-refractivity contribution in [1.82, 2.24) is 9.88 Å². The average Bonchev–Trinajstić information content (AvgIpc) is 2.61. The van der Waals surface area contributed by atoms with Crippen LogP contribution in [0.15, 0.2) is 36.5 Å². The second kappa shape index (κ2) is 9.28. The first-order valence-electron chi connectivity index (χ1n) is 8.44. The van der Waals surface area contributed by atoms with Crippen LogP contribution in [-0.2, 0) is 0 Å². The summed E-state index contributed by atoms with van der Waals surface area (Å²) in [6.45, 7) is 5.59. The summed E-state index contributed by atoms with van der Waals surface area (Å²) in [5.41, 5.74) is 1.92. The first kappa shape index (κ1) is 19.1. The van der Waals surface area contributed by atoms with E-state index in [4.69, 9.17) is 16.3 Å². The lowest BCUT2D eigenvalue weighted by Crippen LogP contribution is -2.33. The number of hydrogen-bond donors (Lipinski definition) is 1. The lowest BCUT2D eigenvalue weighted by atomic mass is 10.2. The Morgan fingerprint density at radius 2 is 1.92 bits per heavy atom. The Balaban J connectivity index is 2.24. The van der Waals surface area contributed by atoms with Crippen LogP contribution in [0, 0.1) is 0 Å². The van der Waals surface area contributed by atoms with Gasteiger partial charge in [-0.1, -0.05) is 25.4 Å². The smallest absolute Gasteiger partial charge is 0.272 e. The van der Waals surface area contributed by atoms with Gasteiger partial charge in [-0.3, -0.25) is 9.78 Å².